The smallest absolute Gasteiger partial charge is 0.124 e. The molecule has 2 fully saturated rings. The molecular formula is C15H24N2O. The van der Waals surface area contributed by atoms with Gasteiger partial charge in [0.05, 0.1) is 11.8 Å². The second-order valence-electron chi connectivity index (χ2n) is 5.86. The second-order valence-corrected chi connectivity index (χ2v) is 5.86. The van der Waals surface area contributed by atoms with Crippen LogP contribution in [0.5, 0.6) is 0 Å². The third-order valence-corrected chi connectivity index (χ3v) is 4.77. The van der Waals surface area contributed by atoms with Crippen LogP contribution in [-0.4, -0.2) is 43.0 Å². The highest BCUT2D eigenvalue weighted by molar-refractivity contribution is 5.15. The van der Waals surface area contributed by atoms with Crippen molar-refractivity contribution in [2.45, 2.75) is 37.6 Å². The van der Waals surface area contributed by atoms with E-state index in [1.807, 2.05) is 12.3 Å². The molecule has 3 rings (SSSR count). The van der Waals surface area contributed by atoms with Gasteiger partial charge < -0.3 is 9.32 Å². The van der Waals surface area contributed by atoms with Crippen molar-refractivity contribution >= 4 is 0 Å². The molecule has 0 unspecified atom stereocenters. The number of piperazine rings is 1. The Bertz CT molecular complexity index is 360. The minimum Gasteiger partial charge on any atom is -0.467 e. The number of furan rings is 1. The van der Waals surface area contributed by atoms with Crippen LogP contribution in [0.4, 0.5) is 0 Å². The van der Waals surface area contributed by atoms with E-state index in [1.165, 1.54) is 64.0 Å². The molecule has 3 nitrogen and oxygen atoms in total. The first-order valence-corrected chi connectivity index (χ1v) is 7.29. The Morgan fingerprint density at radius 1 is 1.06 bits per heavy atom. The maximum Gasteiger partial charge on any atom is 0.124 e. The average Bonchev–Trinajstić information content (AvgIpc) is 2.95. The molecule has 0 atom stereocenters. The first-order chi connectivity index (χ1) is 8.81. The standard InChI is InChI=1S/C15H24N2O/c1-16-9-11-17(12-10-16)15(7-3-2-4-8-15)14-6-5-13-18-14/h5-6,13H,2-4,7-12H2,1H3. The molecule has 1 aromatic heterocycles. The normalized spacial score (nSPS) is 26.3. The molecule has 100 valence electrons. The number of nitrogens with zero attached hydrogens (tertiary/aromatic N) is 2. The van der Waals surface area contributed by atoms with Crippen molar-refractivity contribution in [3.8, 4) is 0 Å². The third kappa shape index (κ3) is 2.10. The lowest BCUT2D eigenvalue weighted by Crippen LogP contribution is -2.55. The molecule has 2 heterocycles. The summed E-state index contributed by atoms with van der Waals surface area (Å²) in [4.78, 5) is 5.11. The topological polar surface area (TPSA) is 19.6 Å². The van der Waals surface area contributed by atoms with Gasteiger partial charge in [-0.25, -0.2) is 0 Å². The minimum absolute atomic E-state index is 0.197. The van der Waals surface area contributed by atoms with Crippen LogP contribution in [0.25, 0.3) is 0 Å². The van der Waals surface area contributed by atoms with Crippen LogP contribution in [0.3, 0.4) is 0 Å². The number of likely N-dealkylation sites (N-methyl/N-ethyl adjacent to an activating group) is 1. The summed E-state index contributed by atoms with van der Waals surface area (Å²) in [6, 6.07) is 4.23. The first-order valence-electron chi connectivity index (χ1n) is 7.29. The molecular weight excluding hydrogens is 224 g/mol. The Morgan fingerprint density at radius 2 is 1.78 bits per heavy atom. The van der Waals surface area contributed by atoms with Crippen molar-refractivity contribution in [2.24, 2.45) is 0 Å². The van der Waals surface area contributed by atoms with Gasteiger partial charge in [0.15, 0.2) is 0 Å². The van der Waals surface area contributed by atoms with E-state index >= 15 is 0 Å². The maximum absolute atomic E-state index is 5.80. The molecule has 1 aliphatic carbocycles. The van der Waals surface area contributed by atoms with E-state index in [2.05, 4.69) is 22.9 Å². The van der Waals surface area contributed by atoms with Crippen molar-refractivity contribution in [1.29, 1.82) is 0 Å². The molecule has 1 aliphatic heterocycles. The van der Waals surface area contributed by atoms with Crippen molar-refractivity contribution in [3.63, 3.8) is 0 Å². The Kier molecular flexibility index (Phi) is 3.44. The van der Waals surface area contributed by atoms with Crippen LogP contribution in [0.15, 0.2) is 22.8 Å². The number of rotatable bonds is 2. The van der Waals surface area contributed by atoms with E-state index < -0.39 is 0 Å². The van der Waals surface area contributed by atoms with E-state index in [4.69, 9.17) is 4.42 Å². The molecule has 0 bridgehead atoms. The summed E-state index contributed by atoms with van der Waals surface area (Å²) in [5, 5.41) is 0. The lowest BCUT2D eigenvalue weighted by Gasteiger charge is -2.48. The zero-order valence-electron chi connectivity index (χ0n) is 11.4. The largest absolute Gasteiger partial charge is 0.467 e. The predicted octanol–water partition coefficient (Wildman–Crippen LogP) is 2.69. The van der Waals surface area contributed by atoms with E-state index in [0.717, 1.165) is 0 Å². The van der Waals surface area contributed by atoms with E-state index in [-0.39, 0.29) is 5.54 Å². The van der Waals surface area contributed by atoms with E-state index in [1.54, 1.807) is 0 Å². The summed E-state index contributed by atoms with van der Waals surface area (Å²) < 4.78 is 5.80. The molecule has 1 saturated heterocycles. The van der Waals surface area contributed by atoms with Gasteiger partial charge in [0.1, 0.15) is 5.76 Å². The highest BCUT2D eigenvalue weighted by atomic mass is 16.3. The van der Waals surface area contributed by atoms with Gasteiger partial charge in [-0.1, -0.05) is 19.3 Å². The zero-order chi connectivity index (χ0) is 12.4. The average molecular weight is 248 g/mol. The van der Waals surface area contributed by atoms with Gasteiger partial charge >= 0.3 is 0 Å². The van der Waals surface area contributed by atoms with Gasteiger partial charge in [-0.3, -0.25) is 4.90 Å². The monoisotopic (exact) mass is 248 g/mol. The van der Waals surface area contributed by atoms with Crippen LogP contribution >= 0.6 is 0 Å². The molecule has 2 aliphatic rings. The maximum atomic E-state index is 5.80. The molecule has 0 spiro atoms. The molecule has 0 N–H and O–H groups in total. The third-order valence-electron chi connectivity index (χ3n) is 4.77. The molecule has 1 aromatic rings. The summed E-state index contributed by atoms with van der Waals surface area (Å²) in [5.41, 5.74) is 0.197. The molecule has 3 heteroatoms. The minimum atomic E-state index is 0.197. The second kappa shape index (κ2) is 5.06. The lowest BCUT2D eigenvalue weighted by atomic mass is 9.78. The Labute approximate surface area is 110 Å². The summed E-state index contributed by atoms with van der Waals surface area (Å²) in [6.07, 6.45) is 8.44. The zero-order valence-corrected chi connectivity index (χ0v) is 11.4. The summed E-state index contributed by atoms with van der Waals surface area (Å²) in [5.74, 6) is 1.20. The summed E-state index contributed by atoms with van der Waals surface area (Å²) in [7, 11) is 2.22. The van der Waals surface area contributed by atoms with Gasteiger partial charge in [0.25, 0.3) is 0 Å². The van der Waals surface area contributed by atoms with Crippen molar-refractivity contribution in [3.05, 3.63) is 24.2 Å². The highest BCUT2D eigenvalue weighted by Crippen LogP contribution is 2.42. The van der Waals surface area contributed by atoms with E-state index in [0.29, 0.717) is 0 Å². The lowest BCUT2D eigenvalue weighted by molar-refractivity contribution is -0.00405. The van der Waals surface area contributed by atoms with Crippen molar-refractivity contribution in [2.75, 3.05) is 33.2 Å². The van der Waals surface area contributed by atoms with Gasteiger partial charge in [-0.15, -0.1) is 0 Å². The highest BCUT2D eigenvalue weighted by Gasteiger charge is 2.42. The van der Waals surface area contributed by atoms with E-state index in [9.17, 15) is 0 Å². The van der Waals surface area contributed by atoms with Crippen LogP contribution < -0.4 is 0 Å². The van der Waals surface area contributed by atoms with Crippen molar-refractivity contribution < 1.29 is 4.42 Å². The van der Waals surface area contributed by atoms with Gasteiger partial charge in [0.2, 0.25) is 0 Å². The molecule has 18 heavy (non-hydrogen) atoms. The van der Waals surface area contributed by atoms with Gasteiger partial charge in [-0.05, 0) is 32.0 Å². The fraction of sp³-hybridized carbons (Fsp3) is 0.733. The van der Waals surface area contributed by atoms with Gasteiger partial charge in [0, 0.05) is 26.2 Å². The summed E-state index contributed by atoms with van der Waals surface area (Å²) >= 11 is 0. The Balaban J connectivity index is 1.85. The Hall–Kier alpha value is -0.800. The molecule has 0 amide bonds. The first kappa shape index (κ1) is 12.2. The fourth-order valence-corrected chi connectivity index (χ4v) is 3.63. The SMILES string of the molecule is CN1CCN(C2(c3ccco3)CCCCC2)CC1. The van der Waals surface area contributed by atoms with Crippen molar-refractivity contribution in [1.82, 2.24) is 9.80 Å². The van der Waals surface area contributed by atoms with Crippen LogP contribution in [0, 0.1) is 0 Å². The predicted molar refractivity (Wildman–Crippen MR) is 72.5 cm³/mol. The summed E-state index contributed by atoms with van der Waals surface area (Å²) in [6.45, 7) is 4.72. The van der Waals surface area contributed by atoms with Gasteiger partial charge in [-0.2, -0.15) is 0 Å². The molecule has 1 saturated carbocycles. The van der Waals surface area contributed by atoms with Crippen LogP contribution in [-0.2, 0) is 5.54 Å². The molecule has 0 radical (unpaired) electrons. The Morgan fingerprint density at radius 3 is 2.39 bits per heavy atom. The van der Waals surface area contributed by atoms with Crippen LogP contribution in [0.1, 0.15) is 37.9 Å². The number of hydrogen-bond acceptors (Lipinski definition) is 3. The number of hydrogen-bond donors (Lipinski definition) is 0. The quantitative estimate of drug-likeness (QED) is 0.802. The molecule has 0 aromatic carbocycles. The fourth-order valence-electron chi connectivity index (χ4n) is 3.63. The van der Waals surface area contributed by atoms with Crippen LogP contribution in [0.2, 0.25) is 0 Å².